The van der Waals surface area contributed by atoms with Crippen LogP contribution in [0, 0.1) is 18.8 Å². The van der Waals surface area contributed by atoms with Crippen molar-refractivity contribution in [3.8, 4) is 0 Å². The van der Waals surface area contributed by atoms with E-state index in [2.05, 4.69) is 54.1 Å². The molecule has 1 aromatic carbocycles. The van der Waals surface area contributed by atoms with Gasteiger partial charge in [-0.05, 0) is 49.8 Å². The summed E-state index contributed by atoms with van der Waals surface area (Å²) in [6.45, 7) is 14.6. The fourth-order valence-corrected chi connectivity index (χ4v) is 4.12. The molecule has 1 amide bonds. The van der Waals surface area contributed by atoms with E-state index in [1.165, 1.54) is 17.5 Å². The van der Waals surface area contributed by atoms with Crippen LogP contribution in [-0.4, -0.2) is 48.4 Å². The van der Waals surface area contributed by atoms with Crippen molar-refractivity contribution in [3.63, 3.8) is 0 Å². The van der Waals surface area contributed by atoms with Crippen LogP contribution < -0.4 is 0 Å². The van der Waals surface area contributed by atoms with E-state index in [0.29, 0.717) is 11.8 Å². The number of hydrogen-bond acceptors (Lipinski definition) is 2. The molecule has 1 heterocycles. The van der Waals surface area contributed by atoms with E-state index in [4.69, 9.17) is 0 Å². The molecule has 3 rings (SSSR count). The van der Waals surface area contributed by atoms with E-state index in [0.717, 1.165) is 51.1 Å². The summed E-state index contributed by atoms with van der Waals surface area (Å²) in [5.74, 6) is 0.832. The van der Waals surface area contributed by atoms with Gasteiger partial charge in [0.15, 0.2) is 0 Å². The summed E-state index contributed by atoms with van der Waals surface area (Å²) in [6, 6.07) is 8.78. The number of carbonyl (C=O) groups excluding carboxylic acids is 1. The molecule has 0 aromatic heterocycles. The van der Waals surface area contributed by atoms with Crippen molar-refractivity contribution in [2.75, 3.05) is 32.7 Å². The van der Waals surface area contributed by atoms with E-state index >= 15 is 0 Å². The molecular formula is C24H32N2O. The molecule has 1 saturated carbocycles. The van der Waals surface area contributed by atoms with Crippen LogP contribution in [-0.2, 0) is 11.2 Å². The molecule has 144 valence electrons. The number of aryl methyl sites for hydroxylation is 2. The van der Waals surface area contributed by atoms with Crippen molar-refractivity contribution < 1.29 is 4.79 Å². The minimum Gasteiger partial charge on any atom is -0.340 e. The van der Waals surface area contributed by atoms with E-state index in [-0.39, 0.29) is 5.92 Å². The summed E-state index contributed by atoms with van der Waals surface area (Å²) in [5, 5.41) is 0. The molecule has 0 N–H and O–H groups in total. The second kappa shape index (κ2) is 9.18. The molecule has 2 fully saturated rings. The lowest BCUT2D eigenvalue weighted by Gasteiger charge is -2.35. The lowest BCUT2D eigenvalue weighted by molar-refractivity contribution is -0.134. The van der Waals surface area contributed by atoms with Gasteiger partial charge >= 0.3 is 0 Å². The Morgan fingerprint density at radius 2 is 1.96 bits per heavy atom. The minimum absolute atomic E-state index is 0.155. The second-order valence-electron chi connectivity index (χ2n) is 7.81. The predicted molar refractivity (Wildman–Crippen MR) is 113 cm³/mol. The molecule has 0 unspecified atom stereocenters. The molecule has 3 nitrogen and oxygen atoms in total. The number of amides is 1. The van der Waals surface area contributed by atoms with Crippen LogP contribution in [0.1, 0.15) is 24.0 Å². The normalized spacial score (nSPS) is 23.1. The highest BCUT2D eigenvalue weighted by molar-refractivity contribution is 5.82. The Kier molecular flexibility index (Phi) is 6.68. The Balaban J connectivity index is 1.39. The van der Waals surface area contributed by atoms with Gasteiger partial charge in [-0.2, -0.15) is 0 Å². The second-order valence-corrected chi connectivity index (χ2v) is 7.81. The number of benzene rings is 1. The van der Waals surface area contributed by atoms with Crippen LogP contribution in [0.2, 0.25) is 0 Å². The maximum atomic E-state index is 12.8. The van der Waals surface area contributed by atoms with Gasteiger partial charge < -0.3 is 4.90 Å². The Labute approximate surface area is 164 Å². The molecule has 1 aliphatic heterocycles. The molecule has 2 atom stereocenters. The Morgan fingerprint density at radius 1 is 1.19 bits per heavy atom. The van der Waals surface area contributed by atoms with Gasteiger partial charge in [0.25, 0.3) is 0 Å². The average Bonchev–Trinajstić information content (AvgIpc) is 3.47. The van der Waals surface area contributed by atoms with Crippen LogP contribution in [0.15, 0.2) is 61.2 Å². The van der Waals surface area contributed by atoms with Crippen molar-refractivity contribution >= 4 is 5.91 Å². The van der Waals surface area contributed by atoms with Crippen LogP contribution in [0.4, 0.5) is 0 Å². The first kappa shape index (κ1) is 19.6. The highest BCUT2D eigenvalue weighted by Crippen LogP contribution is 2.45. The van der Waals surface area contributed by atoms with Gasteiger partial charge in [-0.25, -0.2) is 0 Å². The van der Waals surface area contributed by atoms with Gasteiger partial charge in [-0.3, -0.25) is 9.69 Å². The van der Waals surface area contributed by atoms with Gasteiger partial charge in [0.1, 0.15) is 0 Å². The zero-order valence-electron chi connectivity index (χ0n) is 16.6. The molecule has 3 heteroatoms. The smallest absolute Gasteiger partial charge is 0.226 e. The van der Waals surface area contributed by atoms with Crippen molar-refractivity contribution in [2.24, 2.45) is 11.8 Å². The minimum atomic E-state index is 0.155. The highest BCUT2D eigenvalue weighted by Gasteiger charge is 2.46. The maximum Gasteiger partial charge on any atom is 0.226 e. The zero-order chi connectivity index (χ0) is 19.2. The topological polar surface area (TPSA) is 23.6 Å². The highest BCUT2D eigenvalue weighted by atomic mass is 16.2. The molecule has 0 bridgehead atoms. The van der Waals surface area contributed by atoms with Crippen LogP contribution in [0.25, 0.3) is 0 Å². The Morgan fingerprint density at radius 3 is 2.63 bits per heavy atom. The molecule has 1 aromatic rings. The summed E-state index contributed by atoms with van der Waals surface area (Å²) in [4.78, 5) is 17.3. The Hall–Kier alpha value is -2.13. The molecule has 1 saturated heterocycles. The van der Waals surface area contributed by atoms with Gasteiger partial charge in [0, 0.05) is 32.1 Å². The van der Waals surface area contributed by atoms with E-state index in [1.54, 1.807) is 6.08 Å². The number of piperazine rings is 1. The largest absolute Gasteiger partial charge is 0.340 e. The van der Waals surface area contributed by atoms with Gasteiger partial charge in [0.05, 0.1) is 0 Å². The quantitative estimate of drug-likeness (QED) is 0.651. The lowest BCUT2D eigenvalue weighted by atomic mass is 10.1. The zero-order valence-corrected chi connectivity index (χ0v) is 16.6. The molecule has 0 spiro atoms. The SMILES string of the molecule is C=C/C=C(\C=C)[C@@H]1C[C@H]1C(=O)N1CCN(CCCc2cccc(C)c2)CC1. The monoisotopic (exact) mass is 364 g/mol. The first-order chi connectivity index (χ1) is 13.1. The average molecular weight is 365 g/mol. The number of carbonyl (C=O) groups is 1. The Bertz CT molecular complexity index is 713. The fraction of sp³-hybridized carbons (Fsp3) is 0.458. The van der Waals surface area contributed by atoms with Crippen LogP contribution in [0.5, 0.6) is 0 Å². The first-order valence-electron chi connectivity index (χ1n) is 10.1. The van der Waals surface area contributed by atoms with Gasteiger partial charge in [-0.15, -0.1) is 0 Å². The third-order valence-electron chi connectivity index (χ3n) is 5.79. The standard InChI is InChI=1S/C24H32N2O/c1-4-8-21(5-2)22-18-23(22)24(27)26-15-13-25(14-16-26)12-7-11-20-10-6-9-19(3)17-20/h4-6,8-10,17,22-23H,1-2,7,11-16,18H2,3H3/b21-8+/t22-,23+/m0/s1. The van der Waals surface area contributed by atoms with E-state index < -0.39 is 0 Å². The first-order valence-corrected chi connectivity index (χ1v) is 10.1. The molecule has 2 aliphatic rings. The summed E-state index contributed by atoms with van der Waals surface area (Å²) >= 11 is 0. The third kappa shape index (κ3) is 5.20. The number of hydrogen-bond donors (Lipinski definition) is 0. The molecular weight excluding hydrogens is 332 g/mol. The number of nitrogens with zero attached hydrogens (tertiary/aromatic N) is 2. The van der Waals surface area contributed by atoms with Crippen molar-refractivity contribution in [3.05, 3.63) is 72.4 Å². The summed E-state index contributed by atoms with van der Waals surface area (Å²) in [7, 11) is 0. The van der Waals surface area contributed by atoms with Crippen LogP contribution >= 0.6 is 0 Å². The molecule has 27 heavy (non-hydrogen) atoms. The van der Waals surface area contributed by atoms with E-state index in [9.17, 15) is 4.79 Å². The maximum absolute atomic E-state index is 12.8. The molecule has 1 aliphatic carbocycles. The summed E-state index contributed by atoms with van der Waals surface area (Å²) in [5.41, 5.74) is 3.91. The van der Waals surface area contributed by atoms with Gasteiger partial charge in [0.2, 0.25) is 5.91 Å². The predicted octanol–water partition coefficient (Wildman–Crippen LogP) is 4.01. The van der Waals surface area contributed by atoms with Gasteiger partial charge in [-0.1, -0.05) is 61.2 Å². The van der Waals surface area contributed by atoms with Crippen molar-refractivity contribution in [1.82, 2.24) is 9.80 Å². The van der Waals surface area contributed by atoms with Crippen LogP contribution in [0.3, 0.4) is 0 Å². The van der Waals surface area contributed by atoms with Crippen molar-refractivity contribution in [2.45, 2.75) is 26.2 Å². The number of allylic oxidation sites excluding steroid dienone is 4. The number of rotatable bonds is 8. The molecule has 0 radical (unpaired) electrons. The fourth-order valence-electron chi connectivity index (χ4n) is 4.12. The van der Waals surface area contributed by atoms with E-state index in [1.807, 2.05) is 12.2 Å². The summed E-state index contributed by atoms with van der Waals surface area (Å²) < 4.78 is 0. The third-order valence-corrected chi connectivity index (χ3v) is 5.79. The van der Waals surface area contributed by atoms with Crippen molar-refractivity contribution in [1.29, 1.82) is 0 Å². The lowest BCUT2D eigenvalue weighted by Crippen LogP contribution is -2.49. The summed E-state index contributed by atoms with van der Waals surface area (Å²) in [6.07, 6.45) is 8.90.